The third-order valence-electron chi connectivity index (χ3n) is 15.5. The van der Waals surface area contributed by atoms with E-state index in [2.05, 4.69) is 231 Å². The summed E-state index contributed by atoms with van der Waals surface area (Å²) in [5.74, 6) is 0. The minimum atomic E-state index is -0.251. The van der Waals surface area contributed by atoms with Gasteiger partial charge in [-0.2, -0.15) is 0 Å². The Bertz CT molecular complexity index is 3790. The maximum Gasteiger partial charge on any atom is 0.252 e. The summed E-state index contributed by atoms with van der Waals surface area (Å²) in [6.45, 7) is 11.8. The Morgan fingerprint density at radius 1 is 0.415 bits per heavy atom. The summed E-state index contributed by atoms with van der Waals surface area (Å²) in [5, 5.41) is 5.20. The molecule has 2 aromatic heterocycles. The van der Waals surface area contributed by atoms with Crippen LogP contribution in [0.5, 0.6) is 0 Å². The smallest absolute Gasteiger partial charge is 0.252 e. The second kappa shape index (κ2) is 13.1. The van der Waals surface area contributed by atoms with Gasteiger partial charge in [-0.05, 0) is 103 Å². The van der Waals surface area contributed by atoms with E-state index in [9.17, 15) is 0 Å². The van der Waals surface area contributed by atoms with Crippen LogP contribution < -0.4 is 42.6 Å². The number of hydrogen-bond donors (Lipinski definition) is 0. The number of nitrogens with zero attached hydrogens (tertiary/aromatic N) is 3. The van der Waals surface area contributed by atoms with Gasteiger partial charge in [0.05, 0.1) is 22.2 Å². The van der Waals surface area contributed by atoms with Crippen LogP contribution >= 0.6 is 0 Å². The molecular formula is C60H45B2N3. The number of para-hydroxylation sites is 4. The lowest BCUT2D eigenvalue weighted by molar-refractivity contribution is 0.646. The number of fused-ring (bicyclic) bond motifs is 13. The van der Waals surface area contributed by atoms with Crippen LogP contribution in [0.2, 0.25) is 0 Å². The lowest BCUT2D eigenvalue weighted by Gasteiger charge is -2.46. The zero-order chi connectivity index (χ0) is 43.5. The van der Waals surface area contributed by atoms with Crippen molar-refractivity contribution in [2.75, 3.05) is 9.80 Å². The fourth-order valence-electron chi connectivity index (χ4n) is 13.1. The van der Waals surface area contributed by atoms with Gasteiger partial charge in [-0.25, -0.2) is 0 Å². The number of rotatable bonds is 3. The van der Waals surface area contributed by atoms with Crippen molar-refractivity contribution in [3.05, 3.63) is 210 Å². The van der Waals surface area contributed by atoms with Gasteiger partial charge < -0.3 is 14.2 Å². The lowest BCUT2D eigenvalue weighted by atomic mass is 9.29. The van der Waals surface area contributed by atoms with Crippen LogP contribution in [-0.4, -0.2) is 17.8 Å². The first kappa shape index (κ1) is 36.9. The maximum absolute atomic E-state index is 2.66. The molecule has 5 heterocycles. The fourth-order valence-corrected chi connectivity index (χ4v) is 13.1. The molecule has 11 aromatic rings. The summed E-state index contributed by atoms with van der Waals surface area (Å²) in [7, 11) is 0. The van der Waals surface area contributed by atoms with Crippen LogP contribution in [0.4, 0.5) is 34.1 Å². The van der Waals surface area contributed by atoms with Crippen molar-refractivity contribution in [1.82, 2.24) is 4.40 Å². The zero-order valence-corrected chi connectivity index (χ0v) is 37.3. The van der Waals surface area contributed by atoms with Crippen molar-refractivity contribution >= 4 is 118 Å². The van der Waals surface area contributed by atoms with Crippen LogP contribution in [0.25, 0.3) is 38.1 Å². The van der Waals surface area contributed by atoms with Gasteiger partial charge in [-0.3, -0.25) is 0 Å². The monoisotopic (exact) mass is 829 g/mol. The molecule has 0 spiro atoms. The number of hydrogen-bond acceptors (Lipinski definition) is 2. The fraction of sp³-hybridized carbons (Fsp3) is 0.100. The van der Waals surface area contributed by atoms with E-state index >= 15 is 0 Å². The van der Waals surface area contributed by atoms with Gasteiger partial charge in [0.15, 0.2) is 0 Å². The molecule has 14 rings (SSSR count). The van der Waals surface area contributed by atoms with Gasteiger partial charge in [0.25, 0.3) is 6.71 Å². The van der Waals surface area contributed by atoms with E-state index in [4.69, 9.17) is 0 Å². The minimum Gasteiger partial charge on any atom is -0.311 e. The van der Waals surface area contributed by atoms with E-state index in [1.807, 2.05) is 0 Å². The molecule has 0 radical (unpaired) electrons. The summed E-state index contributed by atoms with van der Waals surface area (Å²) in [5.41, 5.74) is 26.0. The maximum atomic E-state index is 2.66. The summed E-state index contributed by atoms with van der Waals surface area (Å²) >= 11 is 0. The highest BCUT2D eigenvalue weighted by Gasteiger charge is 2.48. The molecular weight excluding hydrogens is 784 g/mol. The molecule has 0 bridgehead atoms. The molecule has 0 atom stereocenters. The molecule has 3 aliphatic heterocycles. The van der Waals surface area contributed by atoms with Crippen molar-refractivity contribution in [2.45, 2.75) is 40.0 Å². The van der Waals surface area contributed by atoms with Crippen LogP contribution in [-0.2, 0) is 5.41 Å². The molecule has 5 heteroatoms. The average Bonchev–Trinajstić information content (AvgIpc) is 3.85. The number of aromatic nitrogens is 1. The molecule has 3 aliphatic rings. The number of aryl methyl sites for hydroxylation is 3. The normalized spacial score (nSPS) is 14.5. The Morgan fingerprint density at radius 2 is 1.00 bits per heavy atom. The van der Waals surface area contributed by atoms with Gasteiger partial charge in [0.2, 0.25) is 6.71 Å². The van der Waals surface area contributed by atoms with Crippen LogP contribution in [0.1, 0.15) is 41.7 Å². The summed E-state index contributed by atoms with van der Waals surface area (Å²) < 4.78 is 2.53. The standard InChI is InChI=1S/C60H45B2N3/c1-36-31-37(2)56(38(3)32-36)61-46-26-15-14-25-44(46)60(4,5)45-34-48-54(35-47(45)61)63(39-19-8-6-9-20-39)52-29-18-30-53-57(52)62(48)49-33-43-41-23-12-16-27-50(41)65-51-28-17-13-24-42(51)55(58(43)65)59(49)64(53)40-21-10-7-11-22-40/h6-35H,1-5H3. The Labute approximate surface area is 380 Å². The SMILES string of the molecule is Cc1cc(C)c(B2c3ccccc3C(C)(C)c3cc4c(cc32)N(c2ccccc2)c2cccc3c2B4c2cc4c5ccccc5n5c6ccccc6c(c2N3c2ccccc2)c45)c(C)c1. The van der Waals surface area contributed by atoms with Gasteiger partial charge in [-0.1, -0.05) is 174 Å². The Kier molecular flexibility index (Phi) is 7.42. The third kappa shape index (κ3) is 4.78. The predicted molar refractivity (Wildman–Crippen MR) is 279 cm³/mol. The highest BCUT2D eigenvalue weighted by molar-refractivity contribution is 7.01. The van der Waals surface area contributed by atoms with Crippen LogP contribution in [0.3, 0.4) is 0 Å². The highest BCUT2D eigenvalue weighted by Crippen LogP contribution is 2.50. The lowest BCUT2D eigenvalue weighted by Crippen LogP contribution is -2.65. The summed E-state index contributed by atoms with van der Waals surface area (Å²) in [6, 6.07) is 69.2. The van der Waals surface area contributed by atoms with Crippen LogP contribution in [0.15, 0.2) is 182 Å². The Balaban J connectivity index is 1.16. The largest absolute Gasteiger partial charge is 0.311 e. The first-order valence-electron chi connectivity index (χ1n) is 23.2. The Hall–Kier alpha value is -7.49. The van der Waals surface area contributed by atoms with Crippen molar-refractivity contribution < 1.29 is 0 Å². The molecule has 3 nitrogen and oxygen atoms in total. The molecule has 0 amide bonds. The topological polar surface area (TPSA) is 10.9 Å². The van der Waals surface area contributed by atoms with Gasteiger partial charge >= 0.3 is 0 Å². The molecule has 0 N–H and O–H groups in total. The van der Waals surface area contributed by atoms with Gasteiger partial charge in [0, 0.05) is 55.4 Å². The Morgan fingerprint density at radius 3 is 1.72 bits per heavy atom. The van der Waals surface area contributed by atoms with E-state index < -0.39 is 0 Å². The van der Waals surface area contributed by atoms with E-state index in [0.717, 1.165) is 5.69 Å². The number of benzene rings is 9. The molecule has 0 fully saturated rings. The second-order valence-electron chi connectivity index (χ2n) is 19.4. The molecule has 0 aliphatic carbocycles. The molecule has 9 aromatic carbocycles. The van der Waals surface area contributed by atoms with E-state index in [1.165, 1.54) is 127 Å². The van der Waals surface area contributed by atoms with E-state index in [-0.39, 0.29) is 18.8 Å². The first-order chi connectivity index (χ1) is 31.8. The average molecular weight is 830 g/mol. The van der Waals surface area contributed by atoms with Crippen molar-refractivity contribution in [3.8, 4) is 0 Å². The minimum absolute atomic E-state index is 0.0405. The molecule has 306 valence electrons. The number of anilines is 6. The first-order valence-corrected chi connectivity index (χ1v) is 23.2. The molecule has 0 saturated heterocycles. The highest BCUT2D eigenvalue weighted by atomic mass is 15.2. The van der Waals surface area contributed by atoms with Crippen molar-refractivity contribution in [1.29, 1.82) is 0 Å². The summed E-state index contributed by atoms with van der Waals surface area (Å²) in [4.78, 5) is 5.17. The quantitative estimate of drug-likeness (QED) is 0.164. The van der Waals surface area contributed by atoms with Gasteiger partial charge in [0.1, 0.15) is 0 Å². The second-order valence-corrected chi connectivity index (χ2v) is 19.4. The van der Waals surface area contributed by atoms with Crippen molar-refractivity contribution in [3.63, 3.8) is 0 Å². The predicted octanol–water partition coefficient (Wildman–Crippen LogP) is 11.0. The van der Waals surface area contributed by atoms with E-state index in [0.29, 0.717) is 0 Å². The zero-order valence-electron chi connectivity index (χ0n) is 37.3. The molecule has 65 heavy (non-hydrogen) atoms. The van der Waals surface area contributed by atoms with Gasteiger partial charge in [-0.15, -0.1) is 0 Å². The third-order valence-corrected chi connectivity index (χ3v) is 15.5. The van der Waals surface area contributed by atoms with Crippen molar-refractivity contribution in [2.24, 2.45) is 0 Å². The molecule has 0 saturated carbocycles. The summed E-state index contributed by atoms with van der Waals surface area (Å²) in [6.07, 6.45) is 0. The van der Waals surface area contributed by atoms with Crippen LogP contribution in [0, 0.1) is 20.8 Å². The van der Waals surface area contributed by atoms with E-state index in [1.54, 1.807) is 0 Å². The molecule has 0 unspecified atom stereocenters.